The minimum absolute atomic E-state index is 0.0254. The Morgan fingerprint density at radius 3 is 2.56 bits per heavy atom. The van der Waals surface area contributed by atoms with Gasteiger partial charge in [-0.05, 0) is 15.9 Å². The molecule has 0 spiro atoms. The standard InChI is InChI=1S/C10H8BrNO6/c11-7-6(12(15)16)4-5(10(13)14)8-9(7)18-3-1-2-17-8/h4H,1-3H2,(H,13,14). The van der Waals surface area contributed by atoms with Crippen LogP contribution in [0.5, 0.6) is 11.5 Å². The van der Waals surface area contributed by atoms with Gasteiger partial charge in [-0.3, -0.25) is 10.1 Å². The zero-order valence-electron chi connectivity index (χ0n) is 9.01. The molecule has 1 aliphatic rings. The second kappa shape index (κ2) is 4.81. The van der Waals surface area contributed by atoms with Crippen molar-refractivity contribution in [3.05, 3.63) is 26.2 Å². The Bertz CT molecular complexity index is 530. The SMILES string of the molecule is O=C(O)c1cc([N+](=O)[O-])c(Br)c2c1OCCCO2. The number of carbonyl (C=O) groups is 1. The molecular weight excluding hydrogens is 310 g/mol. The van der Waals surface area contributed by atoms with E-state index < -0.39 is 10.9 Å². The lowest BCUT2D eigenvalue weighted by Crippen LogP contribution is -2.05. The number of hydrogen-bond acceptors (Lipinski definition) is 5. The molecule has 1 N–H and O–H groups in total. The summed E-state index contributed by atoms with van der Waals surface area (Å²) in [5.41, 5.74) is -0.640. The van der Waals surface area contributed by atoms with Crippen molar-refractivity contribution in [2.75, 3.05) is 13.2 Å². The molecule has 0 amide bonds. The van der Waals surface area contributed by atoms with E-state index in [-0.39, 0.29) is 27.2 Å². The fourth-order valence-electron chi connectivity index (χ4n) is 1.58. The van der Waals surface area contributed by atoms with Crippen molar-refractivity contribution < 1.29 is 24.3 Å². The van der Waals surface area contributed by atoms with E-state index in [0.29, 0.717) is 19.6 Å². The van der Waals surface area contributed by atoms with Crippen LogP contribution >= 0.6 is 15.9 Å². The van der Waals surface area contributed by atoms with Crippen LogP contribution in [0, 0.1) is 10.1 Å². The molecule has 0 bridgehead atoms. The normalized spacial score (nSPS) is 13.8. The second-order valence-electron chi connectivity index (χ2n) is 3.53. The predicted molar refractivity (Wildman–Crippen MR) is 63.4 cm³/mol. The van der Waals surface area contributed by atoms with E-state index in [0.717, 1.165) is 6.07 Å². The molecule has 0 unspecified atom stereocenters. The first-order chi connectivity index (χ1) is 8.52. The van der Waals surface area contributed by atoms with Crippen molar-refractivity contribution in [1.82, 2.24) is 0 Å². The number of carboxylic acids is 1. The number of benzene rings is 1. The second-order valence-corrected chi connectivity index (χ2v) is 4.32. The number of rotatable bonds is 2. The lowest BCUT2D eigenvalue weighted by atomic mass is 10.1. The van der Waals surface area contributed by atoms with E-state index in [9.17, 15) is 14.9 Å². The Morgan fingerprint density at radius 1 is 1.39 bits per heavy atom. The van der Waals surface area contributed by atoms with E-state index in [1.165, 1.54) is 0 Å². The van der Waals surface area contributed by atoms with Gasteiger partial charge in [-0.1, -0.05) is 0 Å². The molecule has 0 saturated heterocycles. The summed E-state index contributed by atoms with van der Waals surface area (Å²) in [6, 6.07) is 0.958. The maximum absolute atomic E-state index is 11.1. The number of ether oxygens (including phenoxy) is 2. The molecule has 96 valence electrons. The fraction of sp³-hybridized carbons (Fsp3) is 0.300. The van der Waals surface area contributed by atoms with Crippen molar-refractivity contribution in [1.29, 1.82) is 0 Å². The summed E-state index contributed by atoms with van der Waals surface area (Å²) < 4.78 is 10.7. The zero-order chi connectivity index (χ0) is 13.3. The molecule has 7 nitrogen and oxygen atoms in total. The topological polar surface area (TPSA) is 98.9 Å². The van der Waals surface area contributed by atoms with Gasteiger partial charge >= 0.3 is 5.97 Å². The van der Waals surface area contributed by atoms with Gasteiger partial charge in [-0.25, -0.2) is 4.79 Å². The van der Waals surface area contributed by atoms with Crippen LogP contribution in [0.1, 0.15) is 16.8 Å². The first-order valence-electron chi connectivity index (χ1n) is 5.02. The van der Waals surface area contributed by atoms with Crippen molar-refractivity contribution in [2.24, 2.45) is 0 Å². The largest absolute Gasteiger partial charge is 0.489 e. The quantitative estimate of drug-likeness (QED) is 0.663. The van der Waals surface area contributed by atoms with Crippen LogP contribution in [-0.2, 0) is 0 Å². The highest BCUT2D eigenvalue weighted by Crippen LogP contribution is 2.45. The Morgan fingerprint density at radius 2 is 2.00 bits per heavy atom. The molecule has 0 saturated carbocycles. The molecule has 1 heterocycles. The molecule has 1 aliphatic heterocycles. The molecule has 0 aromatic heterocycles. The lowest BCUT2D eigenvalue weighted by molar-refractivity contribution is -0.385. The number of nitro benzene ring substituents is 1. The fourth-order valence-corrected chi connectivity index (χ4v) is 2.13. The maximum Gasteiger partial charge on any atom is 0.339 e. The molecule has 0 aliphatic carbocycles. The Kier molecular flexibility index (Phi) is 3.37. The maximum atomic E-state index is 11.1. The molecule has 1 aromatic rings. The molecule has 0 fully saturated rings. The summed E-state index contributed by atoms with van der Waals surface area (Å²) in [5.74, 6) is -1.20. The van der Waals surface area contributed by atoms with Crippen LogP contribution in [0.3, 0.4) is 0 Å². The van der Waals surface area contributed by atoms with Gasteiger partial charge in [0.05, 0.1) is 18.1 Å². The summed E-state index contributed by atoms with van der Waals surface area (Å²) in [6.07, 6.45) is 0.577. The van der Waals surface area contributed by atoms with Gasteiger partial charge in [0.25, 0.3) is 5.69 Å². The summed E-state index contributed by atoms with van der Waals surface area (Å²) in [4.78, 5) is 21.3. The Hall–Kier alpha value is -1.83. The molecule has 2 rings (SSSR count). The highest BCUT2D eigenvalue weighted by atomic mass is 79.9. The summed E-state index contributed by atoms with van der Waals surface area (Å²) in [7, 11) is 0. The highest BCUT2D eigenvalue weighted by Gasteiger charge is 2.29. The van der Waals surface area contributed by atoms with Gasteiger partial charge in [0, 0.05) is 12.5 Å². The van der Waals surface area contributed by atoms with Crippen LogP contribution in [0.25, 0.3) is 0 Å². The van der Waals surface area contributed by atoms with Gasteiger partial charge < -0.3 is 14.6 Å². The van der Waals surface area contributed by atoms with E-state index in [1.54, 1.807) is 0 Å². The number of fused-ring (bicyclic) bond motifs is 1. The van der Waals surface area contributed by atoms with E-state index in [4.69, 9.17) is 14.6 Å². The number of halogens is 1. The predicted octanol–water partition coefficient (Wildman–Crippen LogP) is 2.22. The Balaban J connectivity index is 2.71. The molecule has 8 heteroatoms. The van der Waals surface area contributed by atoms with Gasteiger partial charge in [-0.15, -0.1) is 0 Å². The number of nitrogens with zero attached hydrogens (tertiary/aromatic N) is 1. The zero-order valence-corrected chi connectivity index (χ0v) is 10.6. The van der Waals surface area contributed by atoms with Crippen molar-refractivity contribution in [3.8, 4) is 11.5 Å². The third kappa shape index (κ3) is 2.10. The number of hydrogen-bond donors (Lipinski definition) is 1. The third-order valence-corrected chi connectivity index (χ3v) is 3.13. The van der Waals surface area contributed by atoms with Crippen LogP contribution in [0.15, 0.2) is 10.5 Å². The molecule has 18 heavy (non-hydrogen) atoms. The van der Waals surface area contributed by atoms with Crippen molar-refractivity contribution in [2.45, 2.75) is 6.42 Å². The number of nitro groups is 1. The van der Waals surface area contributed by atoms with Gasteiger partial charge in [-0.2, -0.15) is 0 Å². The highest BCUT2D eigenvalue weighted by molar-refractivity contribution is 9.10. The molecular formula is C10H8BrNO6. The van der Waals surface area contributed by atoms with Crippen molar-refractivity contribution >= 4 is 27.6 Å². The van der Waals surface area contributed by atoms with E-state index in [1.807, 2.05) is 0 Å². The first-order valence-corrected chi connectivity index (χ1v) is 5.81. The summed E-state index contributed by atoms with van der Waals surface area (Å²) >= 11 is 3.05. The van der Waals surface area contributed by atoms with Gasteiger partial charge in [0.2, 0.25) is 0 Å². The van der Waals surface area contributed by atoms with Crippen LogP contribution in [0.2, 0.25) is 0 Å². The minimum atomic E-state index is -1.30. The molecule has 1 aromatic carbocycles. The van der Waals surface area contributed by atoms with Crippen molar-refractivity contribution in [3.63, 3.8) is 0 Å². The number of aromatic carboxylic acids is 1. The molecule has 0 radical (unpaired) electrons. The third-order valence-electron chi connectivity index (χ3n) is 2.36. The Labute approximate surface area is 110 Å². The summed E-state index contributed by atoms with van der Waals surface area (Å²) in [5, 5.41) is 19.9. The van der Waals surface area contributed by atoms with E-state index >= 15 is 0 Å². The molecule has 0 atom stereocenters. The van der Waals surface area contributed by atoms with E-state index in [2.05, 4.69) is 15.9 Å². The first kappa shape index (κ1) is 12.6. The minimum Gasteiger partial charge on any atom is -0.489 e. The number of carboxylic acid groups (broad SMARTS) is 1. The van der Waals surface area contributed by atoms with Crippen LogP contribution < -0.4 is 9.47 Å². The monoisotopic (exact) mass is 317 g/mol. The van der Waals surface area contributed by atoms with Gasteiger partial charge in [0.15, 0.2) is 11.5 Å². The summed E-state index contributed by atoms with van der Waals surface area (Å²) in [6.45, 7) is 0.614. The van der Waals surface area contributed by atoms with Crippen LogP contribution in [0.4, 0.5) is 5.69 Å². The van der Waals surface area contributed by atoms with Gasteiger partial charge in [0.1, 0.15) is 10.0 Å². The van der Waals surface area contributed by atoms with Crippen LogP contribution in [-0.4, -0.2) is 29.2 Å². The average Bonchev–Trinajstić information content (AvgIpc) is 2.54. The lowest BCUT2D eigenvalue weighted by Gasteiger charge is -2.11. The average molecular weight is 318 g/mol. The smallest absolute Gasteiger partial charge is 0.339 e.